The number of nitrogen functional groups attached to an aromatic ring is 1. The summed E-state index contributed by atoms with van der Waals surface area (Å²) in [5, 5.41) is 7.16. The van der Waals surface area contributed by atoms with Crippen molar-refractivity contribution in [1.29, 1.82) is 0 Å². The Morgan fingerprint density at radius 3 is 2.62 bits per heavy atom. The summed E-state index contributed by atoms with van der Waals surface area (Å²) in [5.74, 6) is -0.570. The van der Waals surface area contributed by atoms with Crippen molar-refractivity contribution in [1.82, 2.24) is 9.78 Å². The summed E-state index contributed by atoms with van der Waals surface area (Å²) in [6, 6.07) is 6.15. The van der Waals surface area contributed by atoms with E-state index in [2.05, 4.69) is 10.4 Å². The summed E-state index contributed by atoms with van der Waals surface area (Å²) >= 11 is 5.81. The van der Waals surface area contributed by atoms with Crippen LogP contribution in [-0.2, 0) is 9.53 Å². The van der Waals surface area contributed by atoms with Crippen molar-refractivity contribution in [3.63, 3.8) is 0 Å². The van der Waals surface area contributed by atoms with Crippen molar-refractivity contribution in [2.75, 3.05) is 11.1 Å². The van der Waals surface area contributed by atoms with Crippen LogP contribution in [0.1, 0.15) is 37.2 Å². The van der Waals surface area contributed by atoms with Crippen LogP contribution in [0.2, 0.25) is 5.02 Å². The van der Waals surface area contributed by atoms with Crippen LogP contribution in [0.5, 0.6) is 0 Å². The number of benzene rings is 1. The van der Waals surface area contributed by atoms with E-state index in [9.17, 15) is 9.59 Å². The van der Waals surface area contributed by atoms with Crippen LogP contribution in [0.25, 0.3) is 0 Å². The van der Waals surface area contributed by atoms with Gasteiger partial charge in [0.25, 0.3) is 5.91 Å². The number of carbonyl (C=O) groups excluding carboxylic acids is 2. The number of anilines is 2. The Bertz CT molecular complexity index is 758. The molecule has 8 heteroatoms. The van der Waals surface area contributed by atoms with E-state index in [-0.39, 0.29) is 17.3 Å². The van der Waals surface area contributed by atoms with Gasteiger partial charge in [0.15, 0.2) is 6.10 Å². The van der Waals surface area contributed by atoms with E-state index >= 15 is 0 Å². The lowest BCUT2D eigenvalue weighted by Gasteiger charge is -2.16. The topological polar surface area (TPSA) is 99.2 Å². The number of hydrogen-bond donors (Lipinski definition) is 2. The molecule has 0 bridgehead atoms. The Hall–Kier alpha value is -2.54. The van der Waals surface area contributed by atoms with Gasteiger partial charge in [-0.2, -0.15) is 5.10 Å². The van der Waals surface area contributed by atoms with Crippen LogP contribution >= 0.6 is 11.6 Å². The van der Waals surface area contributed by atoms with E-state index in [1.807, 2.05) is 13.8 Å². The molecule has 0 aliphatic rings. The van der Waals surface area contributed by atoms with Gasteiger partial charge in [-0.05, 0) is 39.0 Å². The number of ether oxygens (including phenoxy) is 1. The highest BCUT2D eigenvalue weighted by Gasteiger charge is 2.21. The third-order valence-corrected chi connectivity index (χ3v) is 3.64. The zero-order valence-corrected chi connectivity index (χ0v) is 14.4. The van der Waals surface area contributed by atoms with Gasteiger partial charge in [-0.25, -0.2) is 9.48 Å². The zero-order chi connectivity index (χ0) is 17.9. The minimum Gasteiger partial charge on any atom is -0.449 e. The maximum atomic E-state index is 12.2. The summed E-state index contributed by atoms with van der Waals surface area (Å²) < 4.78 is 6.82. The highest BCUT2D eigenvalue weighted by atomic mass is 35.5. The second-order valence-corrected chi connectivity index (χ2v) is 5.94. The Morgan fingerprint density at radius 1 is 1.29 bits per heavy atom. The molecular formula is C16H19ClN4O3. The molecule has 0 aliphatic heterocycles. The van der Waals surface area contributed by atoms with Gasteiger partial charge in [0.05, 0.1) is 22.5 Å². The van der Waals surface area contributed by atoms with Gasteiger partial charge in [0.1, 0.15) is 5.82 Å². The molecule has 7 nitrogen and oxygen atoms in total. The first-order valence-electron chi connectivity index (χ1n) is 7.40. The number of carbonyl (C=O) groups is 2. The fourth-order valence-corrected chi connectivity index (χ4v) is 2.12. The molecule has 0 spiro atoms. The zero-order valence-electron chi connectivity index (χ0n) is 13.6. The highest BCUT2D eigenvalue weighted by molar-refractivity contribution is 6.33. The number of nitrogens with one attached hydrogen (secondary N) is 1. The average molecular weight is 351 g/mol. The van der Waals surface area contributed by atoms with Crippen LogP contribution in [0.15, 0.2) is 30.5 Å². The molecule has 2 aromatic rings. The first-order chi connectivity index (χ1) is 11.3. The van der Waals surface area contributed by atoms with Crippen LogP contribution in [0, 0.1) is 0 Å². The number of rotatable bonds is 5. The van der Waals surface area contributed by atoms with E-state index in [4.69, 9.17) is 22.1 Å². The van der Waals surface area contributed by atoms with Gasteiger partial charge in [-0.15, -0.1) is 0 Å². The van der Waals surface area contributed by atoms with Crippen molar-refractivity contribution in [3.8, 4) is 0 Å². The van der Waals surface area contributed by atoms with Gasteiger partial charge < -0.3 is 15.8 Å². The normalized spacial score (nSPS) is 12.0. The molecule has 0 aliphatic carbocycles. The number of halogens is 1. The molecule has 2 rings (SSSR count). The Kier molecular flexibility index (Phi) is 5.46. The molecule has 128 valence electrons. The van der Waals surface area contributed by atoms with Crippen LogP contribution in [0.4, 0.5) is 11.5 Å². The molecule has 1 aromatic heterocycles. The lowest BCUT2D eigenvalue weighted by Crippen LogP contribution is -2.31. The van der Waals surface area contributed by atoms with Crippen molar-refractivity contribution in [2.24, 2.45) is 0 Å². The van der Waals surface area contributed by atoms with E-state index in [1.165, 1.54) is 25.1 Å². The van der Waals surface area contributed by atoms with E-state index < -0.39 is 18.0 Å². The summed E-state index contributed by atoms with van der Waals surface area (Å²) in [4.78, 5) is 24.3. The molecule has 0 fully saturated rings. The van der Waals surface area contributed by atoms with Gasteiger partial charge in [-0.1, -0.05) is 11.6 Å². The molecule has 1 atom stereocenters. The second-order valence-electron chi connectivity index (χ2n) is 5.53. The predicted molar refractivity (Wildman–Crippen MR) is 92.0 cm³/mol. The van der Waals surface area contributed by atoms with Crippen molar-refractivity contribution < 1.29 is 14.3 Å². The van der Waals surface area contributed by atoms with Gasteiger partial charge >= 0.3 is 5.97 Å². The summed E-state index contributed by atoms with van der Waals surface area (Å²) in [7, 11) is 0. The largest absolute Gasteiger partial charge is 0.449 e. The molecule has 1 heterocycles. The Morgan fingerprint density at radius 2 is 2.00 bits per heavy atom. The maximum absolute atomic E-state index is 12.2. The van der Waals surface area contributed by atoms with Gasteiger partial charge in [-0.3, -0.25) is 4.79 Å². The fraction of sp³-hybridized carbons (Fsp3) is 0.312. The number of nitrogens with two attached hydrogens (primary N) is 1. The molecule has 24 heavy (non-hydrogen) atoms. The fourth-order valence-electron chi connectivity index (χ4n) is 2.01. The van der Waals surface area contributed by atoms with Crippen molar-refractivity contribution >= 4 is 35.0 Å². The summed E-state index contributed by atoms with van der Waals surface area (Å²) in [6.07, 6.45) is 0.605. The van der Waals surface area contributed by atoms with Crippen molar-refractivity contribution in [2.45, 2.75) is 32.9 Å². The highest BCUT2D eigenvalue weighted by Crippen LogP contribution is 2.20. The molecule has 0 saturated heterocycles. The first kappa shape index (κ1) is 17.8. The summed E-state index contributed by atoms with van der Waals surface area (Å²) in [5.41, 5.74) is 6.15. The molecule has 1 amide bonds. The second kappa shape index (κ2) is 7.35. The minimum atomic E-state index is -0.982. The molecule has 3 N–H and O–H groups in total. The third-order valence-electron chi connectivity index (χ3n) is 3.30. The minimum absolute atomic E-state index is 0.0881. The third kappa shape index (κ3) is 4.05. The Balaban J connectivity index is 2.01. The van der Waals surface area contributed by atoms with Crippen LogP contribution in [-0.4, -0.2) is 27.8 Å². The average Bonchev–Trinajstić information content (AvgIpc) is 2.98. The summed E-state index contributed by atoms with van der Waals surface area (Å²) in [6.45, 7) is 5.37. The van der Waals surface area contributed by atoms with E-state index in [1.54, 1.807) is 16.9 Å². The number of hydrogen-bond acceptors (Lipinski definition) is 5. The van der Waals surface area contributed by atoms with Crippen LogP contribution in [0.3, 0.4) is 0 Å². The monoisotopic (exact) mass is 350 g/mol. The SMILES string of the molecule is CC(OC(=O)c1ccc(Cl)c(N)c1)C(=O)Nc1ccnn1C(C)C. The molecule has 0 radical (unpaired) electrons. The molecule has 1 unspecified atom stereocenters. The number of aromatic nitrogens is 2. The standard InChI is InChI=1S/C16H19ClN4O3/c1-9(2)21-14(6-7-19-21)20-15(22)10(3)24-16(23)11-4-5-12(17)13(18)8-11/h4-10H,18H2,1-3H3,(H,20,22). The van der Waals surface area contributed by atoms with Crippen molar-refractivity contribution in [3.05, 3.63) is 41.0 Å². The van der Waals surface area contributed by atoms with E-state index in [0.29, 0.717) is 10.8 Å². The molecular weight excluding hydrogens is 332 g/mol. The Labute approximate surface area is 144 Å². The smallest absolute Gasteiger partial charge is 0.338 e. The lowest BCUT2D eigenvalue weighted by atomic mass is 10.2. The van der Waals surface area contributed by atoms with Gasteiger partial charge in [0.2, 0.25) is 0 Å². The van der Waals surface area contributed by atoms with Crippen LogP contribution < -0.4 is 11.1 Å². The molecule has 0 saturated carbocycles. The number of esters is 1. The quantitative estimate of drug-likeness (QED) is 0.638. The van der Waals surface area contributed by atoms with E-state index in [0.717, 1.165) is 0 Å². The number of amides is 1. The predicted octanol–water partition coefficient (Wildman–Crippen LogP) is 2.88. The number of nitrogens with zero attached hydrogens (tertiary/aromatic N) is 2. The maximum Gasteiger partial charge on any atom is 0.338 e. The molecule has 1 aromatic carbocycles. The van der Waals surface area contributed by atoms with Gasteiger partial charge in [0, 0.05) is 12.1 Å². The lowest BCUT2D eigenvalue weighted by molar-refractivity contribution is -0.123. The first-order valence-corrected chi connectivity index (χ1v) is 7.77.